The third-order valence-electron chi connectivity index (χ3n) is 3.42. The molecule has 0 aromatic heterocycles. The summed E-state index contributed by atoms with van der Waals surface area (Å²) in [6.45, 7) is 6.44. The van der Waals surface area contributed by atoms with E-state index in [1.54, 1.807) is 0 Å². The lowest BCUT2D eigenvalue weighted by atomic mass is 9.95. The number of hydrogen-bond acceptors (Lipinski definition) is 3. The number of thioether (sulfide) groups is 1. The van der Waals surface area contributed by atoms with Crippen molar-refractivity contribution in [2.75, 3.05) is 37.7 Å². The van der Waals surface area contributed by atoms with E-state index in [1.165, 1.54) is 56.8 Å². The van der Waals surface area contributed by atoms with Crippen LogP contribution in [0, 0.1) is 5.92 Å². The van der Waals surface area contributed by atoms with Gasteiger partial charge >= 0.3 is 0 Å². The van der Waals surface area contributed by atoms with Gasteiger partial charge in [-0.05, 0) is 31.7 Å². The lowest BCUT2D eigenvalue weighted by molar-refractivity contribution is 0.233. The van der Waals surface area contributed by atoms with Gasteiger partial charge in [0.25, 0.3) is 0 Å². The van der Waals surface area contributed by atoms with E-state index in [0.29, 0.717) is 6.61 Å². The minimum Gasteiger partial charge on any atom is -0.396 e. The van der Waals surface area contributed by atoms with Crippen molar-refractivity contribution in [3.63, 3.8) is 0 Å². The fraction of sp³-hybridized carbons (Fsp3) is 1.00. The minimum absolute atomic E-state index is 0.366. The van der Waals surface area contributed by atoms with Gasteiger partial charge in [0.2, 0.25) is 0 Å². The van der Waals surface area contributed by atoms with Crippen molar-refractivity contribution in [3.8, 4) is 0 Å². The lowest BCUT2D eigenvalue weighted by Crippen LogP contribution is -2.33. The summed E-state index contributed by atoms with van der Waals surface area (Å²) in [6.07, 6.45) is 6.17. The van der Waals surface area contributed by atoms with Crippen LogP contribution in [-0.4, -0.2) is 47.8 Å². The monoisotopic (exact) mass is 245 g/mol. The number of nitrogens with zero attached hydrogens (tertiary/aromatic N) is 1. The van der Waals surface area contributed by atoms with Crippen molar-refractivity contribution >= 4 is 11.8 Å². The first-order chi connectivity index (χ1) is 7.86. The van der Waals surface area contributed by atoms with Gasteiger partial charge in [0.05, 0.1) is 0 Å². The molecule has 16 heavy (non-hydrogen) atoms. The average molecular weight is 245 g/mol. The third kappa shape index (κ3) is 6.12. The van der Waals surface area contributed by atoms with Crippen LogP contribution in [-0.2, 0) is 0 Å². The first kappa shape index (κ1) is 14.3. The highest BCUT2D eigenvalue weighted by atomic mass is 32.2. The molecule has 1 rings (SSSR count). The summed E-state index contributed by atoms with van der Waals surface area (Å²) in [5.41, 5.74) is 0. The standard InChI is InChI=1S/C13H27NOS/c1-2-4-13(6-10-15)5-3-7-14-8-11-16-12-9-14/h13,15H,2-12H2,1H3/t13-/m0/s1. The second kappa shape index (κ2) is 9.32. The van der Waals surface area contributed by atoms with Crippen molar-refractivity contribution in [2.45, 2.75) is 39.0 Å². The van der Waals surface area contributed by atoms with Gasteiger partial charge in [-0.2, -0.15) is 11.8 Å². The van der Waals surface area contributed by atoms with Gasteiger partial charge in [0.15, 0.2) is 0 Å². The second-order valence-corrected chi connectivity index (χ2v) is 5.99. The summed E-state index contributed by atoms with van der Waals surface area (Å²) in [4.78, 5) is 2.60. The Morgan fingerprint density at radius 3 is 2.56 bits per heavy atom. The zero-order chi connectivity index (χ0) is 11.6. The molecule has 2 nitrogen and oxygen atoms in total. The molecule has 0 spiro atoms. The van der Waals surface area contributed by atoms with Crippen molar-refractivity contribution < 1.29 is 5.11 Å². The predicted octanol–water partition coefficient (Wildman–Crippen LogP) is 2.61. The highest BCUT2D eigenvalue weighted by Crippen LogP contribution is 2.18. The second-order valence-electron chi connectivity index (χ2n) is 4.76. The lowest BCUT2D eigenvalue weighted by Gasteiger charge is -2.26. The van der Waals surface area contributed by atoms with Crippen LogP contribution in [0.5, 0.6) is 0 Å². The van der Waals surface area contributed by atoms with Gasteiger partial charge in [-0.25, -0.2) is 0 Å². The maximum Gasteiger partial charge on any atom is 0.0433 e. The molecular weight excluding hydrogens is 218 g/mol. The molecule has 1 atom stereocenters. The van der Waals surface area contributed by atoms with Crippen molar-refractivity contribution in [1.82, 2.24) is 4.90 Å². The van der Waals surface area contributed by atoms with E-state index in [-0.39, 0.29) is 0 Å². The van der Waals surface area contributed by atoms with E-state index < -0.39 is 0 Å². The van der Waals surface area contributed by atoms with Crippen LogP contribution in [0.1, 0.15) is 39.0 Å². The number of aliphatic hydroxyl groups excluding tert-OH is 1. The Hall–Kier alpha value is 0.270. The van der Waals surface area contributed by atoms with E-state index in [2.05, 4.69) is 23.6 Å². The van der Waals surface area contributed by atoms with Crippen LogP contribution in [0.2, 0.25) is 0 Å². The van der Waals surface area contributed by atoms with Gasteiger partial charge in [0, 0.05) is 31.2 Å². The molecule has 0 radical (unpaired) electrons. The van der Waals surface area contributed by atoms with Crippen molar-refractivity contribution in [1.29, 1.82) is 0 Å². The quantitative estimate of drug-likeness (QED) is 0.711. The Labute approximate surface area is 105 Å². The number of rotatable bonds is 8. The van der Waals surface area contributed by atoms with E-state index in [9.17, 15) is 0 Å². The molecule has 1 heterocycles. The summed E-state index contributed by atoms with van der Waals surface area (Å²) in [6, 6.07) is 0. The van der Waals surface area contributed by atoms with E-state index in [0.717, 1.165) is 12.3 Å². The Morgan fingerprint density at radius 2 is 1.94 bits per heavy atom. The van der Waals surface area contributed by atoms with Crippen LogP contribution in [0.4, 0.5) is 0 Å². The average Bonchev–Trinajstić information content (AvgIpc) is 2.31. The molecule has 1 fully saturated rings. The fourth-order valence-electron chi connectivity index (χ4n) is 2.45. The molecule has 0 aromatic carbocycles. The first-order valence-electron chi connectivity index (χ1n) is 6.77. The first-order valence-corrected chi connectivity index (χ1v) is 7.93. The summed E-state index contributed by atoms with van der Waals surface area (Å²) in [7, 11) is 0. The maximum absolute atomic E-state index is 9.00. The van der Waals surface area contributed by atoms with Crippen molar-refractivity contribution in [3.05, 3.63) is 0 Å². The molecule has 1 saturated heterocycles. The SMILES string of the molecule is CCC[C@H](CCO)CCCN1CCSCC1. The molecular formula is C13H27NOS. The van der Waals surface area contributed by atoms with Gasteiger partial charge in [-0.3, -0.25) is 0 Å². The fourth-order valence-corrected chi connectivity index (χ4v) is 3.43. The van der Waals surface area contributed by atoms with Gasteiger partial charge < -0.3 is 10.0 Å². The smallest absolute Gasteiger partial charge is 0.0433 e. The Morgan fingerprint density at radius 1 is 1.19 bits per heavy atom. The molecule has 0 unspecified atom stereocenters. The van der Waals surface area contributed by atoms with Crippen LogP contribution < -0.4 is 0 Å². The molecule has 0 bridgehead atoms. The highest BCUT2D eigenvalue weighted by Gasteiger charge is 2.11. The normalized spacial score (nSPS) is 19.9. The molecule has 0 aromatic rings. The van der Waals surface area contributed by atoms with Gasteiger partial charge in [-0.15, -0.1) is 0 Å². The zero-order valence-corrected chi connectivity index (χ0v) is 11.5. The van der Waals surface area contributed by atoms with Gasteiger partial charge in [0.1, 0.15) is 0 Å². The molecule has 3 heteroatoms. The molecule has 1 aliphatic rings. The molecule has 0 saturated carbocycles. The molecule has 0 amide bonds. The van der Waals surface area contributed by atoms with E-state index in [4.69, 9.17) is 5.11 Å². The summed E-state index contributed by atoms with van der Waals surface area (Å²) in [5, 5.41) is 9.00. The number of aliphatic hydroxyl groups is 1. The van der Waals surface area contributed by atoms with Crippen LogP contribution in [0.15, 0.2) is 0 Å². The summed E-state index contributed by atoms with van der Waals surface area (Å²) < 4.78 is 0. The van der Waals surface area contributed by atoms with Crippen molar-refractivity contribution in [2.24, 2.45) is 5.92 Å². The van der Waals surface area contributed by atoms with Crippen LogP contribution in [0.3, 0.4) is 0 Å². The molecule has 0 aliphatic carbocycles. The van der Waals surface area contributed by atoms with E-state index in [1.807, 2.05) is 0 Å². The number of hydrogen-bond donors (Lipinski definition) is 1. The Kier molecular flexibility index (Phi) is 8.34. The highest BCUT2D eigenvalue weighted by molar-refractivity contribution is 7.99. The molecule has 1 aliphatic heterocycles. The third-order valence-corrected chi connectivity index (χ3v) is 4.37. The van der Waals surface area contributed by atoms with E-state index >= 15 is 0 Å². The van der Waals surface area contributed by atoms with Crippen LogP contribution >= 0.6 is 11.8 Å². The Balaban J connectivity index is 2.06. The largest absolute Gasteiger partial charge is 0.396 e. The maximum atomic E-state index is 9.00. The molecule has 96 valence electrons. The summed E-state index contributed by atoms with van der Waals surface area (Å²) in [5.74, 6) is 3.39. The van der Waals surface area contributed by atoms with Gasteiger partial charge in [-0.1, -0.05) is 19.8 Å². The zero-order valence-electron chi connectivity index (χ0n) is 10.7. The predicted molar refractivity (Wildman–Crippen MR) is 73.1 cm³/mol. The topological polar surface area (TPSA) is 23.5 Å². The minimum atomic E-state index is 0.366. The Bertz CT molecular complexity index is 154. The summed E-state index contributed by atoms with van der Waals surface area (Å²) >= 11 is 2.08. The molecule has 1 N–H and O–H groups in total. The van der Waals surface area contributed by atoms with Crippen LogP contribution in [0.25, 0.3) is 0 Å².